The summed E-state index contributed by atoms with van der Waals surface area (Å²) in [5.74, 6) is 0. The molecule has 0 aromatic rings. The summed E-state index contributed by atoms with van der Waals surface area (Å²) in [6.07, 6.45) is 1.47. The van der Waals surface area contributed by atoms with Crippen LogP contribution in [-0.4, -0.2) is 43.7 Å². The fourth-order valence-corrected chi connectivity index (χ4v) is 1.76. The first-order valence-electron chi connectivity index (χ1n) is 5.80. The van der Waals surface area contributed by atoms with Gasteiger partial charge in [-0.05, 0) is 27.7 Å². The first-order valence-corrected chi connectivity index (χ1v) is 5.80. The molecule has 0 saturated heterocycles. The van der Waals surface area contributed by atoms with Gasteiger partial charge in [0.25, 0.3) is 0 Å². The standard InChI is InChI=1S/C12H23N3O2/c1-10(2,3)14(16)8-9-11(4,5)15(17)12(6,7)13-9/h8,17H,1-7H3/b14-8-. The smallest absolute Gasteiger partial charge is 0.198 e. The molecule has 0 unspecified atom stereocenters. The summed E-state index contributed by atoms with van der Waals surface area (Å²) in [6, 6.07) is 0. The van der Waals surface area contributed by atoms with Crippen LogP contribution in [0.1, 0.15) is 48.5 Å². The topological polar surface area (TPSA) is 61.9 Å². The number of hydrogen-bond acceptors (Lipinski definition) is 4. The van der Waals surface area contributed by atoms with Crippen molar-refractivity contribution in [3.8, 4) is 0 Å². The molecule has 1 aliphatic rings. The van der Waals surface area contributed by atoms with Crippen molar-refractivity contribution in [3.63, 3.8) is 0 Å². The van der Waals surface area contributed by atoms with Gasteiger partial charge < -0.3 is 10.4 Å². The van der Waals surface area contributed by atoms with E-state index in [9.17, 15) is 10.4 Å². The first kappa shape index (κ1) is 14.1. The molecule has 98 valence electrons. The van der Waals surface area contributed by atoms with Gasteiger partial charge in [-0.25, -0.2) is 4.74 Å². The molecule has 0 aliphatic carbocycles. The third-order valence-electron chi connectivity index (χ3n) is 2.97. The predicted octanol–water partition coefficient (Wildman–Crippen LogP) is 2.03. The largest absolute Gasteiger partial charge is 0.623 e. The summed E-state index contributed by atoms with van der Waals surface area (Å²) < 4.78 is 0.878. The van der Waals surface area contributed by atoms with E-state index in [1.165, 1.54) is 11.3 Å². The van der Waals surface area contributed by atoms with E-state index >= 15 is 0 Å². The Balaban J connectivity index is 3.17. The van der Waals surface area contributed by atoms with Gasteiger partial charge in [-0.2, -0.15) is 5.06 Å². The second-order valence-corrected chi connectivity index (χ2v) is 6.49. The number of rotatable bonds is 1. The third-order valence-corrected chi connectivity index (χ3v) is 2.97. The maximum Gasteiger partial charge on any atom is 0.198 e. The average molecular weight is 241 g/mol. The molecule has 0 saturated carbocycles. The summed E-state index contributed by atoms with van der Waals surface area (Å²) in [5.41, 5.74) is -1.27. The third kappa shape index (κ3) is 2.50. The number of nitrogens with zero attached hydrogens (tertiary/aromatic N) is 3. The molecular formula is C12H23N3O2. The Morgan fingerprint density at radius 3 is 2.06 bits per heavy atom. The monoisotopic (exact) mass is 241 g/mol. The highest BCUT2D eigenvalue weighted by molar-refractivity contribution is 6.33. The molecule has 0 spiro atoms. The minimum atomic E-state index is -0.700. The van der Waals surface area contributed by atoms with Gasteiger partial charge >= 0.3 is 0 Å². The summed E-state index contributed by atoms with van der Waals surface area (Å²) in [4.78, 5) is 4.40. The minimum Gasteiger partial charge on any atom is -0.623 e. The molecule has 0 radical (unpaired) electrons. The lowest BCUT2D eigenvalue weighted by atomic mass is 9.99. The van der Waals surface area contributed by atoms with E-state index in [2.05, 4.69) is 4.99 Å². The summed E-state index contributed by atoms with van der Waals surface area (Å²) in [6.45, 7) is 12.8. The van der Waals surface area contributed by atoms with Gasteiger partial charge in [0.15, 0.2) is 11.8 Å². The van der Waals surface area contributed by atoms with Crippen molar-refractivity contribution in [2.75, 3.05) is 0 Å². The number of hydrogen-bond donors (Lipinski definition) is 1. The Labute approximate surface area is 103 Å². The number of aliphatic imine (C=N–C) groups is 1. The van der Waals surface area contributed by atoms with Gasteiger partial charge in [-0.15, -0.1) is 0 Å². The lowest BCUT2D eigenvalue weighted by Crippen LogP contribution is -2.51. The van der Waals surface area contributed by atoms with Gasteiger partial charge in [0.1, 0.15) is 11.4 Å². The minimum absolute atomic E-state index is 0.508. The second kappa shape index (κ2) is 3.78. The van der Waals surface area contributed by atoms with Crippen molar-refractivity contribution in [2.24, 2.45) is 4.99 Å². The molecule has 1 aliphatic heterocycles. The Hall–Kier alpha value is -0.940. The fourth-order valence-electron chi connectivity index (χ4n) is 1.76. The van der Waals surface area contributed by atoms with E-state index in [4.69, 9.17) is 0 Å². The van der Waals surface area contributed by atoms with Crippen LogP contribution < -0.4 is 0 Å². The Kier molecular flexibility index (Phi) is 3.14. The zero-order chi connectivity index (χ0) is 13.6. The molecule has 0 atom stereocenters. The quantitative estimate of drug-likeness (QED) is 0.331. The first-order chi connectivity index (χ1) is 7.39. The predicted molar refractivity (Wildman–Crippen MR) is 68.7 cm³/mol. The van der Waals surface area contributed by atoms with E-state index in [0.717, 1.165) is 4.74 Å². The highest BCUT2D eigenvalue weighted by Gasteiger charge is 2.48. The summed E-state index contributed by atoms with van der Waals surface area (Å²) in [5, 5.41) is 23.1. The van der Waals surface area contributed by atoms with Gasteiger partial charge in [0, 0.05) is 20.8 Å². The zero-order valence-corrected chi connectivity index (χ0v) is 11.8. The van der Waals surface area contributed by atoms with Gasteiger partial charge in [0.05, 0.1) is 5.54 Å². The molecule has 0 fully saturated rings. The van der Waals surface area contributed by atoms with Crippen molar-refractivity contribution in [2.45, 2.75) is 65.2 Å². The van der Waals surface area contributed by atoms with Crippen molar-refractivity contribution >= 4 is 11.9 Å². The lowest BCUT2D eigenvalue weighted by molar-refractivity contribution is -0.529. The van der Waals surface area contributed by atoms with E-state index in [0.29, 0.717) is 5.71 Å². The fraction of sp³-hybridized carbons (Fsp3) is 0.833. The molecule has 17 heavy (non-hydrogen) atoms. The zero-order valence-electron chi connectivity index (χ0n) is 11.8. The van der Waals surface area contributed by atoms with Crippen LogP contribution in [0.3, 0.4) is 0 Å². The molecule has 0 aromatic carbocycles. The van der Waals surface area contributed by atoms with E-state index in [1.54, 1.807) is 0 Å². The Morgan fingerprint density at radius 2 is 1.76 bits per heavy atom. The molecule has 1 heterocycles. The molecule has 5 nitrogen and oxygen atoms in total. The van der Waals surface area contributed by atoms with Gasteiger partial charge in [0.2, 0.25) is 0 Å². The molecule has 0 amide bonds. The summed E-state index contributed by atoms with van der Waals surface area (Å²) >= 11 is 0. The van der Waals surface area contributed by atoms with Crippen LogP contribution >= 0.6 is 0 Å². The highest BCUT2D eigenvalue weighted by Crippen LogP contribution is 2.32. The van der Waals surface area contributed by atoms with Crippen LogP contribution in [0.15, 0.2) is 4.99 Å². The maximum absolute atomic E-state index is 11.9. The molecule has 1 rings (SSSR count). The average Bonchev–Trinajstić information content (AvgIpc) is 2.26. The van der Waals surface area contributed by atoms with Crippen LogP contribution in [-0.2, 0) is 0 Å². The Morgan fingerprint density at radius 1 is 1.29 bits per heavy atom. The van der Waals surface area contributed by atoms with Crippen LogP contribution in [0.2, 0.25) is 0 Å². The van der Waals surface area contributed by atoms with Crippen molar-refractivity contribution in [3.05, 3.63) is 5.21 Å². The van der Waals surface area contributed by atoms with Gasteiger partial charge in [-0.3, -0.25) is 4.99 Å². The normalized spacial score (nSPS) is 24.9. The summed E-state index contributed by atoms with van der Waals surface area (Å²) in [7, 11) is 0. The van der Waals surface area contributed by atoms with Crippen molar-refractivity contribution < 1.29 is 9.95 Å². The maximum atomic E-state index is 11.9. The molecule has 0 aromatic heterocycles. The SMILES string of the molecule is CC1(C)N=C(/C=[N+](\[O-])C(C)(C)C)C(C)(C)N1O. The molecule has 1 N–H and O–H groups in total. The number of hydroxylamine groups is 3. The molecule has 0 bridgehead atoms. The van der Waals surface area contributed by atoms with E-state index < -0.39 is 16.7 Å². The van der Waals surface area contributed by atoms with E-state index in [1.807, 2.05) is 48.5 Å². The van der Waals surface area contributed by atoms with Crippen LogP contribution in [0, 0.1) is 5.21 Å². The molecule has 5 heteroatoms. The van der Waals surface area contributed by atoms with E-state index in [-0.39, 0.29) is 0 Å². The Bertz CT molecular complexity index is 376. The van der Waals surface area contributed by atoms with Crippen LogP contribution in [0.25, 0.3) is 0 Å². The molecular weight excluding hydrogens is 218 g/mol. The van der Waals surface area contributed by atoms with Gasteiger partial charge in [-0.1, -0.05) is 0 Å². The van der Waals surface area contributed by atoms with Crippen LogP contribution in [0.4, 0.5) is 0 Å². The highest BCUT2D eigenvalue weighted by atomic mass is 16.5. The van der Waals surface area contributed by atoms with Crippen molar-refractivity contribution in [1.82, 2.24) is 5.06 Å². The van der Waals surface area contributed by atoms with Crippen LogP contribution in [0.5, 0.6) is 0 Å². The van der Waals surface area contributed by atoms with Crippen molar-refractivity contribution in [1.29, 1.82) is 0 Å². The second-order valence-electron chi connectivity index (χ2n) is 6.49. The lowest BCUT2D eigenvalue weighted by Gasteiger charge is -2.33.